The average Bonchev–Trinajstić information content (AvgIpc) is 2.67. The topological polar surface area (TPSA) is 46.2 Å². The number of hydrogen-bond acceptors (Lipinski definition) is 3. The standard InChI is InChI=1S/C10H16ClNO2S2/c1-8(2)6-9(11)7-12-16(13,14)10-4-3-5-15-10/h3-5,8-9,12H,6-7H2,1-2H3. The van der Waals surface area contributed by atoms with Gasteiger partial charge in [-0.2, -0.15) is 0 Å². The Morgan fingerprint density at radius 3 is 2.69 bits per heavy atom. The van der Waals surface area contributed by atoms with E-state index in [9.17, 15) is 8.42 Å². The fraction of sp³-hybridized carbons (Fsp3) is 0.600. The van der Waals surface area contributed by atoms with Gasteiger partial charge in [-0.1, -0.05) is 19.9 Å². The lowest BCUT2D eigenvalue weighted by atomic mass is 10.1. The van der Waals surface area contributed by atoms with E-state index in [2.05, 4.69) is 18.6 Å². The van der Waals surface area contributed by atoms with Crippen molar-refractivity contribution in [2.45, 2.75) is 29.9 Å². The molecule has 16 heavy (non-hydrogen) atoms. The van der Waals surface area contributed by atoms with Crippen molar-refractivity contribution in [1.29, 1.82) is 0 Å². The molecule has 0 aromatic carbocycles. The number of alkyl halides is 1. The quantitative estimate of drug-likeness (QED) is 0.815. The molecule has 0 saturated heterocycles. The van der Waals surface area contributed by atoms with Gasteiger partial charge in [-0.3, -0.25) is 0 Å². The van der Waals surface area contributed by atoms with E-state index in [-0.39, 0.29) is 11.9 Å². The second-order valence-corrected chi connectivity index (χ2v) is 7.57. The molecular weight excluding hydrogens is 266 g/mol. The van der Waals surface area contributed by atoms with Gasteiger partial charge in [0.25, 0.3) is 0 Å². The van der Waals surface area contributed by atoms with Crippen molar-refractivity contribution in [2.24, 2.45) is 5.92 Å². The van der Waals surface area contributed by atoms with Crippen molar-refractivity contribution in [3.63, 3.8) is 0 Å². The van der Waals surface area contributed by atoms with E-state index in [1.807, 2.05) is 0 Å². The SMILES string of the molecule is CC(C)CC(Cl)CNS(=O)(=O)c1cccs1. The summed E-state index contributed by atoms with van der Waals surface area (Å²) in [5.74, 6) is 0.466. The third-order valence-corrected chi connectivity index (χ3v) is 5.14. The van der Waals surface area contributed by atoms with Gasteiger partial charge in [-0.25, -0.2) is 13.1 Å². The largest absolute Gasteiger partial charge is 0.250 e. The molecule has 0 spiro atoms. The first kappa shape index (κ1) is 14.0. The lowest BCUT2D eigenvalue weighted by molar-refractivity contribution is 0.545. The van der Waals surface area contributed by atoms with Gasteiger partial charge in [0.05, 0.1) is 0 Å². The molecule has 1 aromatic rings. The smallest absolute Gasteiger partial charge is 0.209 e. The second kappa shape index (κ2) is 6.00. The molecule has 0 fully saturated rings. The molecule has 0 bridgehead atoms. The van der Waals surface area contributed by atoms with E-state index >= 15 is 0 Å². The van der Waals surface area contributed by atoms with E-state index in [1.165, 1.54) is 11.3 Å². The van der Waals surface area contributed by atoms with E-state index < -0.39 is 10.0 Å². The molecule has 1 heterocycles. The van der Waals surface area contributed by atoms with Crippen molar-refractivity contribution in [2.75, 3.05) is 6.54 Å². The Balaban J connectivity index is 2.49. The van der Waals surface area contributed by atoms with Crippen LogP contribution in [0.3, 0.4) is 0 Å². The van der Waals surface area contributed by atoms with Crippen LogP contribution < -0.4 is 4.72 Å². The molecule has 92 valence electrons. The number of halogens is 1. The van der Waals surface area contributed by atoms with Crippen molar-refractivity contribution in [1.82, 2.24) is 4.72 Å². The van der Waals surface area contributed by atoms with Crippen LogP contribution in [-0.4, -0.2) is 20.3 Å². The Morgan fingerprint density at radius 2 is 2.19 bits per heavy atom. The summed E-state index contributed by atoms with van der Waals surface area (Å²) in [5.41, 5.74) is 0. The van der Waals surface area contributed by atoms with Gasteiger partial charge >= 0.3 is 0 Å². The zero-order valence-corrected chi connectivity index (χ0v) is 11.7. The predicted octanol–water partition coefficient (Wildman–Crippen LogP) is 2.68. The average molecular weight is 282 g/mol. The number of thiophene rings is 1. The van der Waals surface area contributed by atoms with Crippen LogP contribution >= 0.6 is 22.9 Å². The molecule has 0 aliphatic heterocycles. The van der Waals surface area contributed by atoms with E-state index in [0.29, 0.717) is 10.1 Å². The fourth-order valence-corrected chi connectivity index (χ4v) is 3.93. The maximum Gasteiger partial charge on any atom is 0.250 e. The lowest BCUT2D eigenvalue weighted by Gasteiger charge is -2.12. The molecule has 0 aliphatic carbocycles. The van der Waals surface area contributed by atoms with E-state index in [4.69, 9.17) is 11.6 Å². The highest BCUT2D eigenvalue weighted by molar-refractivity contribution is 7.91. The van der Waals surface area contributed by atoms with Gasteiger partial charge in [0, 0.05) is 11.9 Å². The molecule has 0 aliphatic rings. The van der Waals surface area contributed by atoms with Crippen LogP contribution in [0.1, 0.15) is 20.3 Å². The zero-order valence-electron chi connectivity index (χ0n) is 9.31. The summed E-state index contributed by atoms with van der Waals surface area (Å²) >= 11 is 7.22. The zero-order chi connectivity index (χ0) is 12.2. The molecule has 1 aromatic heterocycles. The second-order valence-electron chi connectivity index (χ2n) is 4.01. The van der Waals surface area contributed by atoms with Crippen LogP contribution in [0.25, 0.3) is 0 Å². The molecule has 0 saturated carbocycles. The molecule has 6 heteroatoms. The monoisotopic (exact) mass is 281 g/mol. The lowest BCUT2D eigenvalue weighted by Crippen LogP contribution is -2.30. The summed E-state index contributed by atoms with van der Waals surface area (Å²) in [7, 11) is -3.36. The van der Waals surface area contributed by atoms with Gasteiger partial charge in [0.1, 0.15) is 4.21 Å². The number of rotatable bonds is 6. The van der Waals surface area contributed by atoms with Crippen LogP contribution in [0, 0.1) is 5.92 Å². The van der Waals surface area contributed by atoms with Crippen molar-refractivity contribution in [3.8, 4) is 0 Å². The summed E-state index contributed by atoms with van der Waals surface area (Å²) in [4.78, 5) is 0. The molecular formula is C10H16ClNO2S2. The normalized spacial score (nSPS) is 14.2. The number of nitrogens with one attached hydrogen (secondary N) is 1. The highest BCUT2D eigenvalue weighted by Crippen LogP contribution is 2.16. The molecule has 3 nitrogen and oxygen atoms in total. The van der Waals surface area contributed by atoms with E-state index in [0.717, 1.165) is 6.42 Å². The van der Waals surface area contributed by atoms with Crippen LogP contribution in [0.4, 0.5) is 0 Å². The Morgan fingerprint density at radius 1 is 1.50 bits per heavy atom. The first-order chi connectivity index (χ1) is 7.42. The van der Waals surface area contributed by atoms with Crippen LogP contribution in [0.2, 0.25) is 0 Å². The summed E-state index contributed by atoms with van der Waals surface area (Å²) in [6.45, 7) is 4.40. The molecule has 0 radical (unpaired) electrons. The van der Waals surface area contributed by atoms with Crippen LogP contribution in [-0.2, 0) is 10.0 Å². The van der Waals surface area contributed by atoms with Gasteiger partial charge < -0.3 is 0 Å². The molecule has 1 rings (SSSR count). The highest BCUT2D eigenvalue weighted by atomic mass is 35.5. The van der Waals surface area contributed by atoms with Gasteiger partial charge in [0.15, 0.2) is 0 Å². The fourth-order valence-electron chi connectivity index (χ4n) is 1.28. The third-order valence-electron chi connectivity index (χ3n) is 1.98. The Labute approximate surface area is 106 Å². The van der Waals surface area contributed by atoms with Crippen LogP contribution in [0.5, 0.6) is 0 Å². The Bertz CT molecular complexity index is 400. The minimum Gasteiger partial charge on any atom is -0.209 e. The van der Waals surface area contributed by atoms with Crippen LogP contribution in [0.15, 0.2) is 21.7 Å². The van der Waals surface area contributed by atoms with Crippen molar-refractivity contribution in [3.05, 3.63) is 17.5 Å². The maximum atomic E-state index is 11.7. The number of sulfonamides is 1. The van der Waals surface area contributed by atoms with Crippen molar-refractivity contribution >= 4 is 33.0 Å². The maximum absolute atomic E-state index is 11.7. The summed E-state index contributed by atoms with van der Waals surface area (Å²) in [6, 6.07) is 3.30. The minimum absolute atomic E-state index is 0.158. The first-order valence-corrected chi connectivity index (χ1v) is 7.89. The summed E-state index contributed by atoms with van der Waals surface area (Å²) < 4.78 is 26.3. The Hall–Kier alpha value is -0.100. The van der Waals surface area contributed by atoms with E-state index in [1.54, 1.807) is 17.5 Å². The highest BCUT2D eigenvalue weighted by Gasteiger charge is 2.17. The van der Waals surface area contributed by atoms with Gasteiger partial charge in [0.2, 0.25) is 10.0 Å². The molecule has 1 N–H and O–H groups in total. The predicted molar refractivity (Wildman–Crippen MR) is 68.6 cm³/mol. The molecule has 1 unspecified atom stereocenters. The Kier molecular flexibility index (Phi) is 5.24. The molecule has 1 atom stereocenters. The first-order valence-electron chi connectivity index (χ1n) is 5.09. The molecule has 0 amide bonds. The van der Waals surface area contributed by atoms with Gasteiger partial charge in [-0.05, 0) is 23.8 Å². The third kappa shape index (κ3) is 4.41. The van der Waals surface area contributed by atoms with Gasteiger partial charge in [-0.15, -0.1) is 22.9 Å². The summed E-state index contributed by atoms with van der Waals surface area (Å²) in [6.07, 6.45) is 0.800. The number of hydrogen-bond donors (Lipinski definition) is 1. The summed E-state index contributed by atoms with van der Waals surface area (Å²) in [5, 5.41) is 1.58. The van der Waals surface area contributed by atoms with Crippen molar-refractivity contribution < 1.29 is 8.42 Å². The minimum atomic E-state index is -3.36.